The molecule has 36 heavy (non-hydrogen) atoms. The summed E-state index contributed by atoms with van der Waals surface area (Å²) in [5.74, 6) is -1.01. The quantitative estimate of drug-likeness (QED) is 0.345. The monoisotopic (exact) mass is 490 g/mol. The van der Waals surface area contributed by atoms with Crippen molar-refractivity contribution < 1.29 is 27.5 Å². The molecule has 2 amide bonds. The maximum absolute atomic E-state index is 13.9. The molecule has 0 aliphatic carbocycles. The molecular formula is C28H24F2N2O4. The maximum Gasteiger partial charge on any atom is 0.255 e. The highest BCUT2D eigenvalue weighted by molar-refractivity contribution is 5.99. The van der Waals surface area contributed by atoms with Crippen LogP contribution in [-0.4, -0.2) is 18.9 Å². The molecule has 0 bridgehead atoms. The third kappa shape index (κ3) is 5.96. The van der Waals surface area contributed by atoms with Gasteiger partial charge < -0.3 is 19.8 Å². The van der Waals surface area contributed by atoms with Crippen LogP contribution in [0.3, 0.4) is 0 Å². The molecule has 0 aliphatic heterocycles. The highest BCUT2D eigenvalue weighted by Gasteiger charge is 2.19. The fourth-order valence-corrected chi connectivity index (χ4v) is 3.71. The zero-order valence-electron chi connectivity index (χ0n) is 19.5. The normalized spacial score (nSPS) is 10.6. The lowest BCUT2D eigenvalue weighted by atomic mass is 10.0. The number of furan rings is 1. The van der Waals surface area contributed by atoms with E-state index in [1.807, 2.05) is 24.3 Å². The first-order valence-electron chi connectivity index (χ1n) is 11.2. The predicted octanol–water partition coefficient (Wildman–Crippen LogP) is 5.02. The Hall–Kier alpha value is -4.46. The van der Waals surface area contributed by atoms with Gasteiger partial charge in [-0.25, -0.2) is 8.78 Å². The van der Waals surface area contributed by atoms with Crippen LogP contribution in [0.2, 0.25) is 0 Å². The summed E-state index contributed by atoms with van der Waals surface area (Å²) in [6.45, 7) is 0.117. The number of amides is 2. The number of carbonyl (C=O) groups excluding carboxylic acids is 2. The van der Waals surface area contributed by atoms with Crippen molar-refractivity contribution >= 4 is 11.8 Å². The van der Waals surface area contributed by atoms with Crippen molar-refractivity contribution in [1.29, 1.82) is 0 Å². The van der Waals surface area contributed by atoms with Crippen molar-refractivity contribution in [2.45, 2.75) is 19.5 Å². The van der Waals surface area contributed by atoms with Crippen LogP contribution in [0.25, 0.3) is 11.3 Å². The second-order valence-electron chi connectivity index (χ2n) is 8.04. The number of hydrogen-bond donors (Lipinski definition) is 2. The molecule has 0 radical (unpaired) electrons. The van der Waals surface area contributed by atoms with Crippen molar-refractivity contribution in [3.05, 3.63) is 113 Å². The lowest BCUT2D eigenvalue weighted by molar-refractivity contribution is -0.120. The Labute approximate surface area is 206 Å². The molecule has 0 saturated carbocycles. The van der Waals surface area contributed by atoms with Crippen LogP contribution in [0.1, 0.15) is 27.0 Å². The van der Waals surface area contributed by atoms with Gasteiger partial charge in [0.05, 0.1) is 25.4 Å². The Morgan fingerprint density at radius 2 is 1.64 bits per heavy atom. The predicted molar refractivity (Wildman–Crippen MR) is 130 cm³/mol. The van der Waals surface area contributed by atoms with E-state index in [1.165, 1.54) is 18.4 Å². The second kappa shape index (κ2) is 11.3. The van der Waals surface area contributed by atoms with Crippen molar-refractivity contribution in [3.63, 3.8) is 0 Å². The van der Waals surface area contributed by atoms with Gasteiger partial charge in [0.15, 0.2) is 0 Å². The van der Waals surface area contributed by atoms with Gasteiger partial charge in [-0.2, -0.15) is 0 Å². The zero-order valence-corrected chi connectivity index (χ0v) is 19.5. The van der Waals surface area contributed by atoms with E-state index in [9.17, 15) is 18.4 Å². The standard InChI is InChI=1S/C28H24F2N2O4/c1-35-22-10-6-18(7-11-22)14-26(33)31-16-19-4-2-3-5-23(19)27-24(12-13-36-27)28(34)32-17-20-8-9-21(29)15-25(20)30/h2-13,15H,14,16-17H2,1H3,(H,31,33)(H,32,34). The van der Waals surface area contributed by atoms with Gasteiger partial charge in [-0.1, -0.05) is 42.5 Å². The largest absolute Gasteiger partial charge is 0.497 e. The molecule has 1 heterocycles. The van der Waals surface area contributed by atoms with E-state index in [4.69, 9.17) is 9.15 Å². The minimum absolute atomic E-state index is 0.112. The van der Waals surface area contributed by atoms with Crippen molar-refractivity contribution in [1.82, 2.24) is 10.6 Å². The number of nitrogens with one attached hydrogen (secondary N) is 2. The maximum atomic E-state index is 13.9. The summed E-state index contributed by atoms with van der Waals surface area (Å²) in [4.78, 5) is 25.3. The van der Waals surface area contributed by atoms with Gasteiger partial charge >= 0.3 is 0 Å². The second-order valence-corrected chi connectivity index (χ2v) is 8.04. The van der Waals surface area contributed by atoms with E-state index in [-0.39, 0.29) is 36.5 Å². The highest BCUT2D eigenvalue weighted by Crippen LogP contribution is 2.28. The summed E-state index contributed by atoms with van der Waals surface area (Å²) >= 11 is 0. The van der Waals surface area contributed by atoms with Crippen LogP contribution in [0.4, 0.5) is 8.78 Å². The molecule has 184 valence electrons. The summed E-state index contributed by atoms with van der Waals surface area (Å²) < 4.78 is 37.8. The van der Waals surface area contributed by atoms with E-state index in [2.05, 4.69) is 10.6 Å². The summed E-state index contributed by atoms with van der Waals surface area (Å²) in [7, 11) is 1.58. The average molecular weight is 491 g/mol. The number of rotatable bonds is 9. The first-order chi connectivity index (χ1) is 17.4. The van der Waals surface area contributed by atoms with Crippen LogP contribution in [0.5, 0.6) is 5.75 Å². The van der Waals surface area contributed by atoms with Crippen molar-refractivity contribution in [3.8, 4) is 17.1 Å². The fourth-order valence-electron chi connectivity index (χ4n) is 3.71. The minimum Gasteiger partial charge on any atom is -0.497 e. The summed E-state index contributed by atoms with van der Waals surface area (Å²) in [6, 6.07) is 19.2. The number of hydrogen-bond acceptors (Lipinski definition) is 4. The Kier molecular flexibility index (Phi) is 7.75. The molecule has 8 heteroatoms. The van der Waals surface area contributed by atoms with Crippen LogP contribution in [-0.2, 0) is 24.3 Å². The molecular weight excluding hydrogens is 466 g/mol. The highest BCUT2D eigenvalue weighted by atomic mass is 19.1. The molecule has 0 fully saturated rings. The molecule has 1 aromatic heterocycles. The molecule has 4 rings (SSSR count). The minimum atomic E-state index is -0.738. The molecule has 0 spiro atoms. The lowest BCUT2D eigenvalue weighted by Crippen LogP contribution is -2.25. The van der Waals surface area contributed by atoms with Gasteiger partial charge in [0.25, 0.3) is 5.91 Å². The first-order valence-corrected chi connectivity index (χ1v) is 11.2. The fraction of sp³-hybridized carbons (Fsp3) is 0.143. The van der Waals surface area contributed by atoms with Gasteiger partial charge in [0.1, 0.15) is 23.1 Å². The van der Waals surface area contributed by atoms with Gasteiger partial charge in [0.2, 0.25) is 5.91 Å². The van der Waals surface area contributed by atoms with Crippen LogP contribution in [0.15, 0.2) is 83.5 Å². The van der Waals surface area contributed by atoms with Crippen molar-refractivity contribution in [2.24, 2.45) is 0 Å². The van der Waals surface area contributed by atoms with E-state index in [0.717, 1.165) is 23.3 Å². The number of ether oxygens (including phenoxy) is 1. The smallest absolute Gasteiger partial charge is 0.255 e. The third-order valence-corrected chi connectivity index (χ3v) is 5.63. The number of carbonyl (C=O) groups is 2. The van der Waals surface area contributed by atoms with Gasteiger partial charge in [-0.15, -0.1) is 0 Å². The third-order valence-electron chi connectivity index (χ3n) is 5.63. The average Bonchev–Trinajstić information content (AvgIpc) is 3.37. The Morgan fingerprint density at radius 3 is 2.39 bits per heavy atom. The number of benzene rings is 3. The molecule has 0 atom stereocenters. The summed E-state index contributed by atoms with van der Waals surface area (Å²) in [6.07, 6.45) is 1.60. The molecule has 2 N–H and O–H groups in total. The van der Waals surface area contributed by atoms with Crippen LogP contribution < -0.4 is 15.4 Å². The lowest BCUT2D eigenvalue weighted by Gasteiger charge is -2.11. The zero-order chi connectivity index (χ0) is 25.5. The van der Waals surface area contributed by atoms with E-state index < -0.39 is 17.5 Å². The summed E-state index contributed by atoms with van der Waals surface area (Å²) in [5, 5.41) is 5.54. The van der Waals surface area contributed by atoms with Gasteiger partial charge in [-0.3, -0.25) is 9.59 Å². The molecule has 0 saturated heterocycles. The van der Waals surface area contributed by atoms with E-state index in [0.29, 0.717) is 17.1 Å². The van der Waals surface area contributed by atoms with Crippen LogP contribution >= 0.6 is 0 Å². The number of methoxy groups -OCH3 is 1. The Balaban J connectivity index is 1.43. The molecule has 3 aromatic carbocycles. The van der Waals surface area contributed by atoms with Gasteiger partial charge in [-0.05, 0) is 35.4 Å². The molecule has 0 unspecified atom stereocenters. The molecule has 4 aromatic rings. The molecule has 0 aliphatic rings. The van der Waals surface area contributed by atoms with E-state index in [1.54, 1.807) is 31.4 Å². The molecule has 6 nitrogen and oxygen atoms in total. The first kappa shape index (κ1) is 24.7. The van der Waals surface area contributed by atoms with E-state index >= 15 is 0 Å². The van der Waals surface area contributed by atoms with Crippen LogP contribution in [0, 0.1) is 11.6 Å². The Morgan fingerprint density at radius 1 is 0.889 bits per heavy atom. The van der Waals surface area contributed by atoms with Crippen molar-refractivity contribution in [2.75, 3.05) is 7.11 Å². The summed E-state index contributed by atoms with van der Waals surface area (Å²) in [5.41, 5.74) is 2.67. The topological polar surface area (TPSA) is 80.6 Å². The van der Waals surface area contributed by atoms with Gasteiger partial charge in [0, 0.05) is 30.3 Å². The Bertz CT molecular complexity index is 1370. The number of halogens is 2. The SMILES string of the molecule is COc1ccc(CC(=O)NCc2ccccc2-c2occc2C(=O)NCc2ccc(F)cc2F)cc1.